The predicted octanol–water partition coefficient (Wildman–Crippen LogP) is 1.89. The lowest BCUT2D eigenvalue weighted by Crippen LogP contribution is -2.18. The third-order valence-electron chi connectivity index (χ3n) is 2.39. The maximum Gasteiger partial charge on any atom is 0.144 e. The number of aromatic nitrogens is 2. The van der Waals surface area contributed by atoms with Gasteiger partial charge in [0, 0.05) is 18.1 Å². The molecule has 2 aromatic rings. The molecular formula is C12H16N4S. The number of hydrogen-bond acceptors (Lipinski definition) is 5. The fourth-order valence-corrected chi connectivity index (χ4v) is 2.32. The molecule has 2 rings (SSSR count). The van der Waals surface area contributed by atoms with Gasteiger partial charge in [-0.05, 0) is 24.6 Å². The van der Waals surface area contributed by atoms with E-state index in [-0.39, 0.29) is 0 Å². The van der Waals surface area contributed by atoms with Gasteiger partial charge in [0.2, 0.25) is 0 Å². The van der Waals surface area contributed by atoms with Gasteiger partial charge in [0.25, 0.3) is 0 Å². The van der Waals surface area contributed by atoms with Crippen LogP contribution < -0.4 is 10.2 Å². The Morgan fingerprint density at radius 3 is 3.00 bits per heavy atom. The molecule has 0 saturated heterocycles. The normalized spacial score (nSPS) is 10.5. The summed E-state index contributed by atoms with van der Waals surface area (Å²) >= 11 is 1.76. The summed E-state index contributed by atoms with van der Waals surface area (Å²) in [7, 11) is 3.94. The molecule has 0 fully saturated rings. The highest BCUT2D eigenvalue weighted by atomic mass is 32.1. The van der Waals surface area contributed by atoms with Crippen LogP contribution in [0.3, 0.4) is 0 Å². The number of hydrogen-bond donors (Lipinski definition) is 1. The van der Waals surface area contributed by atoms with E-state index in [9.17, 15) is 0 Å². The number of nitrogens with one attached hydrogen (secondary N) is 1. The van der Waals surface area contributed by atoms with Gasteiger partial charge >= 0.3 is 0 Å². The lowest BCUT2D eigenvalue weighted by atomic mass is 10.4. The highest BCUT2D eigenvalue weighted by Gasteiger charge is 2.05. The minimum atomic E-state index is 0.695. The van der Waals surface area contributed by atoms with Crippen molar-refractivity contribution < 1.29 is 0 Å². The molecule has 0 aliphatic heterocycles. The molecule has 1 N–H and O–H groups in total. The Morgan fingerprint density at radius 2 is 2.29 bits per heavy atom. The molecule has 17 heavy (non-hydrogen) atoms. The van der Waals surface area contributed by atoms with Crippen LogP contribution in [0, 0.1) is 0 Å². The van der Waals surface area contributed by atoms with Crippen LogP contribution in [0.15, 0.2) is 29.8 Å². The van der Waals surface area contributed by atoms with Crippen molar-refractivity contribution in [3.8, 4) is 0 Å². The second-order valence-corrected chi connectivity index (χ2v) is 4.83. The molecular weight excluding hydrogens is 232 g/mol. The average Bonchev–Trinajstić information content (AvgIpc) is 2.83. The van der Waals surface area contributed by atoms with Crippen LogP contribution in [-0.4, -0.2) is 24.1 Å². The van der Waals surface area contributed by atoms with Crippen LogP contribution in [0.25, 0.3) is 0 Å². The number of thiophene rings is 1. The van der Waals surface area contributed by atoms with E-state index in [1.54, 1.807) is 17.5 Å². The van der Waals surface area contributed by atoms with Gasteiger partial charge in [-0.15, -0.1) is 11.3 Å². The largest absolute Gasteiger partial charge is 0.354 e. The van der Waals surface area contributed by atoms with Gasteiger partial charge in [0.1, 0.15) is 11.6 Å². The minimum Gasteiger partial charge on any atom is -0.354 e. The lowest BCUT2D eigenvalue weighted by molar-refractivity contribution is 0.751. The Kier molecular flexibility index (Phi) is 4.06. The van der Waals surface area contributed by atoms with Gasteiger partial charge in [-0.3, -0.25) is 0 Å². The standard InChI is InChI=1S/C12H16N4S/c1-13-8-11-14-6-5-12(15-11)16(2)9-10-4-3-7-17-10/h3-7,13H,8-9H2,1-2H3. The Labute approximate surface area is 105 Å². The molecule has 5 heteroatoms. The van der Waals surface area contributed by atoms with E-state index in [0.29, 0.717) is 6.54 Å². The molecule has 0 amide bonds. The van der Waals surface area contributed by atoms with Gasteiger partial charge < -0.3 is 10.2 Å². The molecule has 0 aromatic carbocycles. The summed E-state index contributed by atoms with van der Waals surface area (Å²) in [5, 5.41) is 5.15. The zero-order chi connectivity index (χ0) is 12.1. The van der Waals surface area contributed by atoms with Crippen molar-refractivity contribution in [2.24, 2.45) is 0 Å². The summed E-state index contributed by atoms with van der Waals surface area (Å²) in [5.41, 5.74) is 0. The van der Waals surface area contributed by atoms with E-state index < -0.39 is 0 Å². The molecule has 0 spiro atoms. The lowest BCUT2D eigenvalue weighted by Gasteiger charge is -2.17. The Morgan fingerprint density at radius 1 is 1.41 bits per heavy atom. The second kappa shape index (κ2) is 5.75. The summed E-state index contributed by atoms with van der Waals surface area (Å²) in [6.45, 7) is 1.58. The monoisotopic (exact) mass is 248 g/mol. The van der Waals surface area contributed by atoms with Crippen molar-refractivity contribution in [1.82, 2.24) is 15.3 Å². The van der Waals surface area contributed by atoms with Crippen molar-refractivity contribution in [2.45, 2.75) is 13.1 Å². The summed E-state index contributed by atoms with van der Waals surface area (Å²) < 4.78 is 0. The van der Waals surface area contributed by atoms with Crippen molar-refractivity contribution >= 4 is 17.2 Å². The Hall–Kier alpha value is -1.46. The first-order valence-corrected chi connectivity index (χ1v) is 6.37. The zero-order valence-electron chi connectivity index (χ0n) is 10.1. The molecule has 4 nitrogen and oxygen atoms in total. The first kappa shape index (κ1) is 12.0. The quantitative estimate of drug-likeness (QED) is 0.877. The van der Waals surface area contributed by atoms with Crippen LogP contribution >= 0.6 is 11.3 Å². The van der Waals surface area contributed by atoms with Gasteiger partial charge in [0.05, 0.1) is 13.1 Å². The Balaban J connectivity index is 2.07. The summed E-state index contributed by atoms with van der Waals surface area (Å²) in [6, 6.07) is 6.14. The maximum absolute atomic E-state index is 4.50. The van der Waals surface area contributed by atoms with Crippen LogP contribution in [0.2, 0.25) is 0 Å². The summed E-state index contributed by atoms with van der Waals surface area (Å²) in [6.07, 6.45) is 1.81. The van der Waals surface area contributed by atoms with E-state index in [4.69, 9.17) is 0 Å². The first-order valence-electron chi connectivity index (χ1n) is 5.49. The molecule has 0 atom stereocenters. The van der Waals surface area contributed by atoms with E-state index in [0.717, 1.165) is 18.2 Å². The molecule has 0 radical (unpaired) electrons. The predicted molar refractivity (Wildman–Crippen MR) is 71.2 cm³/mol. The van der Waals surface area contributed by atoms with Crippen LogP contribution in [-0.2, 0) is 13.1 Å². The van der Waals surface area contributed by atoms with Crippen molar-refractivity contribution in [1.29, 1.82) is 0 Å². The molecule has 2 heterocycles. The zero-order valence-corrected chi connectivity index (χ0v) is 10.9. The number of anilines is 1. The highest BCUT2D eigenvalue weighted by Crippen LogP contribution is 2.15. The highest BCUT2D eigenvalue weighted by molar-refractivity contribution is 7.09. The molecule has 0 unspecified atom stereocenters. The van der Waals surface area contributed by atoms with Crippen molar-refractivity contribution in [2.75, 3.05) is 19.0 Å². The van der Waals surface area contributed by atoms with Crippen LogP contribution in [0.5, 0.6) is 0 Å². The third-order valence-corrected chi connectivity index (χ3v) is 3.25. The summed E-state index contributed by atoms with van der Waals surface area (Å²) in [4.78, 5) is 12.2. The fraction of sp³-hybridized carbons (Fsp3) is 0.333. The van der Waals surface area contributed by atoms with Crippen LogP contribution in [0.1, 0.15) is 10.7 Å². The minimum absolute atomic E-state index is 0.695. The molecule has 0 saturated carbocycles. The van der Waals surface area contributed by atoms with Crippen molar-refractivity contribution in [3.05, 3.63) is 40.5 Å². The van der Waals surface area contributed by atoms with Gasteiger partial charge in [-0.25, -0.2) is 9.97 Å². The van der Waals surface area contributed by atoms with Gasteiger partial charge in [-0.2, -0.15) is 0 Å². The van der Waals surface area contributed by atoms with Crippen molar-refractivity contribution in [3.63, 3.8) is 0 Å². The maximum atomic E-state index is 4.50. The van der Waals surface area contributed by atoms with E-state index in [2.05, 4.69) is 37.7 Å². The van der Waals surface area contributed by atoms with E-state index in [1.807, 2.05) is 20.2 Å². The number of nitrogens with zero attached hydrogens (tertiary/aromatic N) is 3. The second-order valence-electron chi connectivity index (χ2n) is 3.80. The smallest absolute Gasteiger partial charge is 0.144 e. The fourth-order valence-electron chi connectivity index (χ4n) is 1.56. The summed E-state index contributed by atoms with van der Waals surface area (Å²) in [5.74, 6) is 1.78. The van der Waals surface area contributed by atoms with Gasteiger partial charge in [-0.1, -0.05) is 6.07 Å². The molecule has 0 aliphatic rings. The van der Waals surface area contributed by atoms with Gasteiger partial charge in [0.15, 0.2) is 0 Å². The molecule has 0 aliphatic carbocycles. The van der Waals surface area contributed by atoms with E-state index in [1.165, 1.54) is 4.88 Å². The molecule has 0 bridgehead atoms. The van der Waals surface area contributed by atoms with E-state index >= 15 is 0 Å². The SMILES string of the molecule is CNCc1nccc(N(C)Cc2cccs2)n1. The molecule has 90 valence electrons. The first-order chi connectivity index (χ1) is 8.29. The van der Waals surface area contributed by atoms with Crippen LogP contribution in [0.4, 0.5) is 5.82 Å². The topological polar surface area (TPSA) is 41.1 Å². The molecule has 2 aromatic heterocycles. The number of rotatable bonds is 5. The Bertz CT molecular complexity index is 455. The average molecular weight is 248 g/mol. The third kappa shape index (κ3) is 3.25.